The van der Waals surface area contributed by atoms with Crippen molar-refractivity contribution in [1.82, 2.24) is 20.2 Å². The Morgan fingerprint density at radius 2 is 2.30 bits per heavy atom. The fourth-order valence-electron chi connectivity index (χ4n) is 1.59. The number of rotatable bonds is 7. The Hall–Kier alpha value is -1.73. The van der Waals surface area contributed by atoms with Crippen molar-refractivity contribution in [1.29, 1.82) is 0 Å². The van der Waals surface area contributed by atoms with Crippen LogP contribution in [-0.2, 0) is 12.8 Å². The molecule has 7 heteroatoms. The molecule has 0 saturated carbocycles. The molecule has 20 heavy (non-hydrogen) atoms. The Balaban J connectivity index is 1.85. The fourth-order valence-corrected chi connectivity index (χ4v) is 2.42. The molecular weight excluding hydrogens is 276 g/mol. The molecule has 0 saturated heterocycles. The molecule has 0 aliphatic carbocycles. The molecule has 108 valence electrons. The lowest BCUT2D eigenvalue weighted by atomic mass is 10.4. The highest BCUT2D eigenvalue weighted by Crippen LogP contribution is 2.21. The lowest BCUT2D eigenvalue weighted by Crippen LogP contribution is -2.30. The van der Waals surface area contributed by atoms with Crippen molar-refractivity contribution < 1.29 is 9.21 Å². The number of imidazole rings is 1. The van der Waals surface area contributed by atoms with E-state index in [1.165, 1.54) is 0 Å². The van der Waals surface area contributed by atoms with Gasteiger partial charge in [0.25, 0.3) is 5.91 Å². The quantitative estimate of drug-likeness (QED) is 0.594. The summed E-state index contributed by atoms with van der Waals surface area (Å²) < 4.78 is 7.47. The molecule has 6 nitrogen and oxygen atoms in total. The van der Waals surface area contributed by atoms with Gasteiger partial charge in [0.1, 0.15) is 5.76 Å². The summed E-state index contributed by atoms with van der Waals surface area (Å²) in [5.74, 6) is 1.57. The first-order valence-electron chi connectivity index (χ1n) is 6.32. The van der Waals surface area contributed by atoms with Crippen LogP contribution in [0.5, 0.6) is 0 Å². The summed E-state index contributed by atoms with van der Waals surface area (Å²) >= 11 is 1.57. The van der Waals surface area contributed by atoms with Gasteiger partial charge in [-0.2, -0.15) is 0 Å². The van der Waals surface area contributed by atoms with Gasteiger partial charge in [0.2, 0.25) is 0 Å². The third-order valence-corrected chi connectivity index (χ3v) is 3.75. The normalized spacial score (nSPS) is 10.7. The van der Waals surface area contributed by atoms with Crippen LogP contribution in [0.25, 0.3) is 0 Å². The number of hydrogen-bond acceptors (Lipinski definition) is 5. The van der Waals surface area contributed by atoms with Gasteiger partial charge in [-0.1, -0.05) is 11.8 Å². The Labute approximate surface area is 121 Å². The van der Waals surface area contributed by atoms with Gasteiger partial charge in [-0.25, -0.2) is 4.98 Å². The van der Waals surface area contributed by atoms with Crippen molar-refractivity contribution in [2.45, 2.75) is 10.9 Å². The zero-order valence-corrected chi connectivity index (χ0v) is 12.4. The van der Waals surface area contributed by atoms with Crippen LogP contribution < -0.4 is 10.6 Å². The van der Waals surface area contributed by atoms with E-state index in [0.717, 1.165) is 17.5 Å². The van der Waals surface area contributed by atoms with Gasteiger partial charge in [-0.3, -0.25) is 4.79 Å². The fraction of sp³-hybridized carbons (Fsp3) is 0.385. The summed E-state index contributed by atoms with van der Waals surface area (Å²) in [6.07, 6.45) is 3.65. The standard InChI is InChI=1S/C13H18N4O2S/c1-14-5-6-15-12(18)11-4-3-10(19-11)9-20-13-16-7-8-17(13)2/h3-4,7-8,14H,5-6,9H2,1-2H3,(H,15,18). The highest BCUT2D eigenvalue weighted by Gasteiger charge is 2.11. The second-order valence-corrected chi connectivity index (χ2v) is 5.18. The Kier molecular flexibility index (Phi) is 5.25. The van der Waals surface area contributed by atoms with Gasteiger partial charge < -0.3 is 19.6 Å². The van der Waals surface area contributed by atoms with Crippen LogP contribution in [0.2, 0.25) is 0 Å². The second kappa shape index (κ2) is 7.16. The Bertz CT molecular complexity index is 564. The lowest BCUT2D eigenvalue weighted by molar-refractivity contribution is 0.0925. The van der Waals surface area contributed by atoms with Crippen molar-refractivity contribution in [3.05, 3.63) is 36.0 Å². The van der Waals surface area contributed by atoms with E-state index >= 15 is 0 Å². The molecule has 2 heterocycles. The molecule has 0 spiro atoms. The van der Waals surface area contributed by atoms with E-state index in [2.05, 4.69) is 15.6 Å². The van der Waals surface area contributed by atoms with Gasteiger partial charge in [0.05, 0.1) is 5.75 Å². The van der Waals surface area contributed by atoms with E-state index in [-0.39, 0.29) is 5.91 Å². The number of amides is 1. The smallest absolute Gasteiger partial charge is 0.287 e. The predicted molar refractivity (Wildman–Crippen MR) is 77.7 cm³/mol. The number of furan rings is 1. The summed E-state index contributed by atoms with van der Waals surface area (Å²) in [6, 6.07) is 3.52. The summed E-state index contributed by atoms with van der Waals surface area (Å²) in [6.45, 7) is 1.31. The molecule has 2 aromatic heterocycles. The molecule has 0 fully saturated rings. The van der Waals surface area contributed by atoms with E-state index in [1.54, 1.807) is 24.0 Å². The topological polar surface area (TPSA) is 72.1 Å². The van der Waals surface area contributed by atoms with E-state index in [0.29, 0.717) is 18.1 Å². The number of carbonyl (C=O) groups excluding carboxylic acids is 1. The third kappa shape index (κ3) is 3.88. The Morgan fingerprint density at radius 1 is 1.45 bits per heavy atom. The van der Waals surface area contributed by atoms with Crippen LogP contribution in [0.3, 0.4) is 0 Å². The molecule has 2 N–H and O–H groups in total. The molecule has 0 aliphatic heterocycles. The lowest BCUT2D eigenvalue weighted by Gasteiger charge is -2.02. The first-order chi connectivity index (χ1) is 9.70. The molecule has 0 radical (unpaired) electrons. The first kappa shape index (κ1) is 14.7. The van der Waals surface area contributed by atoms with Crippen LogP contribution in [0.1, 0.15) is 16.3 Å². The van der Waals surface area contributed by atoms with E-state index in [4.69, 9.17) is 4.42 Å². The van der Waals surface area contributed by atoms with Crippen LogP contribution in [0.15, 0.2) is 34.1 Å². The van der Waals surface area contributed by atoms with E-state index < -0.39 is 0 Å². The number of thioether (sulfide) groups is 1. The summed E-state index contributed by atoms with van der Waals surface area (Å²) in [7, 11) is 3.78. The number of carbonyl (C=O) groups is 1. The van der Waals surface area contributed by atoms with Gasteiger partial charge >= 0.3 is 0 Å². The summed E-state index contributed by atoms with van der Waals surface area (Å²) in [5.41, 5.74) is 0. The number of nitrogens with zero attached hydrogens (tertiary/aromatic N) is 2. The van der Waals surface area contributed by atoms with Gasteiger partial charge in [0, 0.05) is 32.5 Å². The van der Waals surface area contributed by atoms with Crippen molar-refractivity contribution in [3.63, 3.8) is 0 Å². The number of aromatic nitrogens is 2. The maximum Gasteiger partial charge on any atom is 0.287 e. The minimum Gasteiger partial charge on any atom is -0.455 e. The van der Waals surface area contributed by atoms with Gasteiger partial charge in [-0.15, -0.1) is 0 Å². The summed E-state index contributed by atoms with van der Waals surface area (Å²) in [5, 5.41) is 6.65. The molecular formula is C13H18N4O2S. The van der Waals surface area contributed by atoms with Crippen LogP contribution >= 0.6 is 11.8 Å². The maximum atomic E-state index is 11.8. The highest BCUT2D eigenvalue weighted by molar-refractivity contribution is 7.98. The largest absolute Gasteiger partial charge is 0.455 e. The van der Waals surface area contributed by atoms with Crippen molar-refractivity contribution in [3.8, 4) is 0 Å². The molecule has 0 aromatic carbocycles. The maximum absolute atomic E-state index is 11.8. The molecule has 0 atom stereocenters. The molecule has 0 aliphatic rings. The van der Waals surface area contributed by atoms with Crippen molar-refractivity contribution in [2.75, 3.05) is 20.1 Å². The number of aryl methyl sites for hydroxylation is 1. The average Bonchev–Trinajstić information content (AvgIpc) is 3.05. The zero-order chi connectivity index (χ0) is 14.4. The highest BCUT2D eigenvalue weighted by atomic mass is 32.2. The Morgan fingerprint density at radius 3 is 3.00 bits per heavy atom. The van der Waals surface area contributed by atoms with Gasteiger partial charge in [0.15, 0.2) is 10.9 Å². The van der Waals surface area contributed by atoms with Crippen LogP contribution in [0.4, 0.5) is 0 Å². The third-order valence-electron chi connectivity index (χ3n) is 2.67. The first-order valence-corrected chi connectivity index (χ1v) is 7.31. The average molecular weight is 294 g/mol. The minimum absolute atomic E-state index is 0.187. The minimum atomic E-state index is -0.187. The molecule has 2 aromatic rings. The summed E-state index contributed by atoms with van der Waals surface area (Å²) in [4.78, 5) is 16.0. The molecule has 0 bridgehead atoms. The van der Waals surface area contributed by atoms with Crippen LogP contribution in [0, 0.1) is 0 Å². The monoisotopic (exact) mass is 294 g/mol. The zero-order valence-electron chi connectivity index (χ0n) is 11.5. The predicted octanol–water partition coefficient (Wildman–Crippen LogP) is 1.25. The van der Waals surface area contributed by atoms with Crippen molar-refractivity contribution in [2.24, 2.45) is 7.05 Å². The van der Waals surface area contributed by atoms with E-state index in [9.17, 15) is 4.79 Å². The molecule has 0 unspecified atom stereocenters. The van der Waals surface area contributed by atoms with Crippen molar-refractivity contribution >= 4 is 17.7 Å². The number of hydrogen-bond donors (Lipinski definition) is 2. The van der Waals surface area contributed by atoms with Crippen LogP contribution in [-0.4, -0.2) is 35.6 Å². The second-order valence-electron chi connectivity index (χ2n) is 4.23. The molecule has 2 rings (SSSR count). The SMILES string of the molecule is CNCCNC(=O)c1ccc(CSc2nccn2C)o1. The van der Waals surface area contributed by atoms with Gasteiger partial charge in [-0.05, 0) is 19.2 Å². The molecule has 1 amide bonds. The number of nitrogens with one attached hydrogen (secondary N) is 2. The number of likely N-dealkylation sites (N-methyl/N-ethyl adjacent to an activating group) is 1. The van der Waals surface area contributed by atoms with E-state index in [1.807, 2.05) is 30.9 Å².